The van der Waals surface area contributed by atoms with E-state index in [2.05, 4.69) is 15.0 Å². The Morgan fingerprint density at radius 2 is 2.10 bits per heavy atom. The van der Waals surface area contributed by atoms with Crippen molar-refractivity contribution in [2.75, 3.05) is 25.4 Å². The first-order valence-corrected chi connectivity index (χ1v) is 11.4. The third-order valence-electron chi connectivity index (χ3n) is 5.33. The lowest BCUT2D eigenvalue weighted by Gasteiger charge is -2.30. The number of imidazole rings is 1. The molecule has 0 spiro atoms. The van der Waals surface area contributed by atoms with Crippen LogP contribution in [0.4, 0.5) is 10.2 Å². The second-order valence-electron chi connectivity index (χ2n) is 7.47. The van der Waals surface area contributed by atoms with Gasteiger partial charge in [-0.1, -0.05) is 6.42 Å². The van der Waals surface area contributed by atoms with Crippen LogP contribution < -0.4 is 5.73 Å². The number of aromatic nitrogens is 4. The summed E-state index contributed by atoms with van der Waals surface area (Å²) in [7, 11) is -4.09. The van der Waals surface area contributed by atoms with Gasteiger partial charge in [-0.3, -0.25) is 13.9 Å². The fraction of sp³-hybridized carbons (Fsp3) is 0.647. The minimum atomic E-state index is -4.09. The monoisotopic (exact) mass is 458 g/mol. The first kappa shape index (κ1) is 22.0. The number of hydrogen-bond acceptors (Lipinski definition) is 9. The van der Waals surface area contributed by atoms with Gasteiger partial charge in [0.25, 0.3) is 0 Å². The van der Waals surface area contributed by atoms with Crippen LogP contribution in [-0.4, -0.2) is 73.1 Å². The molecule has 4 rings (SSSR count). The number of hydrogen-bond donors (Lipinski definition) is 2. The van der Waals surface area contributed by atoms with Crippen LogP contribution in [0.1, 0.15) is 32.4 Å². The molecule has 2 unspecified atom stereocenters. The highest BCUT2D eigenvalue weighted by Crippen LogP contribution is 2.48. The van der Waals surface area contributed by atoms with Crippen LogP contribution in [-0.2, 0) is 23.4 Å². The quantitative estimate of drug-likeness (QED) is 0.473. The first-order chi connectivity index (χ1) is 14.8. The number of rotatable bonds is 6. The van der Waals surface area contributed by atoms with Gasteiger partial charge in [0.1, 0.15) is 17.9 Å². The van der Waals surface area contributed by atoms with Gasteiger partial charge < -0.3 is 20.1 Å². The molecule has 170 valence electrons. The highest BCUT2D eigenvalue weighted by molar-refractivity contribution is 7.50. The molecule has 2 saturated heterocycles. The van der Waals surface area contributed by atoms with E-state index in [0.29, 0.717) is 13.1 Å². The molecule has 2 aromatic heterocycles. The Kier molecular flexibility index (Phi) is 6.22. The predicted molar refractivity (Wildman–Crippen MR) is 105 cm³/mol. The Bertz CT molecular complexity index is 1000. The molecule has 0 radical (unpaired) electrons. The topological polar surface area (TPSA) is 155 Å². The third kappa shape index (κ3) is 4.41. The van der Waals surface area contributed by atoms with Gasteiger partial charge in [0.15, 0.2) is 30.0 Å². The van der Waals surface area contributed by atoms with Gasteiger partial charge in [0.2, 0.25) is 0 Å². The zero-order valence-corrected chi connectivity index (χ0v) is 17.7. The summed E-state index contributed by atoms with van der Waals surface area (Å²) in [5, 5.41) is 0. The average Bonchev–Trinajstić information content (AvgIpc) is 3.30. The normalized spacial score (nSPS) is 29.1. The van der Waals surface area contributed by atoms with E-state index >= 15 is 4.39 Å². The molecule has 12 nitrogen and oxygen atoms in total. The summed E-state index contributed by atoms with van der Waals surface area (Å²) in [6.07, 6.45) is -0.464. The number of fused-ring (bicyclic) bond motifs is 1. The molecule has 14 heteroatoms. The SMILES string of the molecule is CC(=O)OC1[C@@H](COP(=O)(O)N2CCCCC2)O[C@@H](n2cnc3c(N)ncnc32)[C@H]1F. The minimum Gasteiger partial charge on any atom is -0.456 e. The Balaban J connectivity index is 1.54. The number of alkyl halides is 1. The summed E-state index contributed by atoms with van der Waals surface area (Å²) in [5.41, 5.74) is 6.29. The Labute approximate surface area is 177 Å². The maximum atomic E-state index is 15.3. The summed E-state index contributed by atoms with van der Waals surface area (Å²) in [6, 6.07) is 0. The standard InChI is InChI=1S/C17H24FN6O6P/c1-10(25)29-14-11(7-28-31(26,27)23-5-3-2-4-6-23)30-17(12(14)18)24-9-22-13-15(19)20-8-21-16(13)24/h8-9,11-12,14,17H,2-7H2,1H3,(H,26,27)(H2,19,20,21)/t11-,12+,14?,17-/m1/s1. The van der Waals surface area contributed by atoms with Gasteiger partial charge in [0.05, 0.1) is 12.9 Å². The van der Waals surface area contributed by atoms with E-state index in [1.807, 2.05) is 0 Å². The van der Waals surface area contributed by atoms with Crippen LogP contribution in [0.25, 0.3) is 11.2 Å². The number of anilines is 1. The van der Waals surface area contributed by atoms with Crippen molar-refractivity contribution in [1.29, 1.82) is 0 Å². The number of halogens is 1. The van der Waals surface area contributed by atoms with Crippen molar-refractivity contribution in [2.24, 2.45) is 0 Å². The first-order valence-electron chi connectivity index (χ1n) is 9.90. The second-order valence-corrected chi connectivity index (χ2v) is 9.27. The Morgan fingerprint density at radius 1 is 1.35 bits per heavy atom. The van der Waals surface area contributed by atoms with E-state index in [0.717, 1.165) is 26.2 Å². The molecule has 0 bridgehead atoms. The number of carbonyl (C=O) groups excluding carboxylic acids is 1. The zero-order chi connectivity index (χ0) is 22.2. The van der Waals surface area contributed by atoms with Crippen molar-refractivity contribution in [3.8, 4) is 0 Å². The second kappa shape index (κ2) is 8.75. The van der Waals surface area contributed by atoms with E-state index < -0.39 is 44.9 Å². The molecule has 0 aliphatic carbocycles. The summed E-state index contributed by atoms with van der Waals surface area (Å²) in [6.45, 7) is 1.57. The van der Waals surface area contributed by atoms with Crippen LogP contribution in [0.2, 0.25) is 0 Å². The Morgan fingerprint density at radius 3 is 2.81 bits per heavy atom. The van der Waals surface area contributed by atoms with E-state index in [4.69, 9.17) is 19.7 Å². The van der Waals surface area contributed by atoms with Gasteiger partial charge in [-0.25, -0.2) is 28.6 Å². The highest BCUT2D eigenvalue weighted by atomic mass is 31.2. The van der Waals surface area contributed by atoms with Crippen molar-refractivity contribution in [1.82, 2.24) is 24.2 Å². The summed E-state index contributed by atoms with van der Waals surface area (Å²) < 4.78 is 46.8. The van der Waals surface area contributed by atoms with E-state index in [1.54, 1.807) is 0 Å². The lowest BCUT2D eigenvalue weighted by atomic mass is 10.1. The van der Waals surface area contributed by atoms with Crippen molar-refractivity contribution in [3.63, 3.8) is 0 Å². The van der Waals surface area contributed by atoms with E-state index in [1.165, 1.54) is 21.9 Å². The minimum absolute atomic E-state index is 0.122. The maximum Gasteiger partial charge on any atom is 0.405 e. The summed E-state index contributed by atoms with van der Waals surface area (Å²) in [5.74, 6) is -0.594. The van der Waals surface area contributed by atoms with Crippen molar-refractivity contribution >= 4 is 30.7 Å². The summed E-state index contributed by atoms with van der Waals surface area (Å²) >= 11 is 0. The molecule has 4 heterocycles. The van der Waals surface area contributed by atoms with Gasteiger partial charge in [-0.2, -0.15) is 0 Å². The van der Waals surface area contributed by atoms with Crippen LogP contribution in [0, 0.1) is 0 Å². The molecule has 31 heavy (non-hydrogen) atoms. The number of esters is 1. The molecule has 2 aliphatic rings. The van der Waals surface area contributed by atoms with E-state index in [9.17, 15) is 14.3 Å². The molecular formula is C17H24FN6O6P. The number of nitrogens with two attached hydrogens (primary N) is 1. The molecule has 0 aromatic carbocycles. The molecule has 2 aliphatic heterocycles. The molecule has 0 saturated carbocycles. The molecule has 3 N–H and O–H groups in total. The van der Waals surface area contributed by atoms with Crippen LogP contribution in [0.3, 0.4) is 0 Å². The van der Waals surface area contributed by atoms with E-state index in [-0.39, 0.29) is 17.0 Å². The third-order valence-corrected chi connectivity index (χ3v) is 6.93. The molecule has 5 atom stereocenters. The zero-order valence-electron chi connectivity index (χ0n) is 16.8. The van der Waals surface area contributed by atoms with Gasteiger partial charge in [0, 0.05) is 20.0 Å². The smallest absolute Gasteiger partial charge is 0.405 e. The van der Waals surface area contributed by atoms with Gasteiger partial charge in [-0.15, -0.1) is 0 Å². The van der Waals surface area contributed by atoms with Crippen molar-refractivity contribution in [2.45, 2.75) is 50.8 Å². The number of nitrogens with zero attached hydrogens (tertiary/aromatic N) is 5. The van der Waals surface area contributed by atoms with Gasteiger partial charge >= 0.3 is 13.7 Å². The number of carbonyl (C=O) groups is 1. The Hall–Kier alpha value is -2.18. The lowest BCUT2D eigenvalue weighted by Crippen LogP contribution is -2.36. The average molecular weight is 458 g/mol. The van der Waals surface area contributed by atoms with Gasteiger partial charge in [-0.05, 0) is 12.8 Å². The molecule has 2 fully saturated rings. The van der Waals surface area contributed by atoms with Crippen molar-refractivity contribution in [3.05, 3.63) is 12.7 Å². The van der Waals surface area contributed by atoms with Crippen LogP contribution in [0.5, 0.6) is 0 Å². The maximum absolute atomic E-state index is 15.3. The largest absolute Gasteiger partial charge is 0.456 e. The lowest BCUT2D eigenvalue weighted by molar-refractivity contribution is -0.152. The number of piperidine rings is 1. The van der Waals surface area contributed by atoms with Crippen LogP contribution in [0.15, 0.2) is 12.7 Å². The fourth-order valence-electron chi connectivity index (χ4n) is 3.82. The number of nitrogen functional groups attached to an aromatic ring is 1. The predicted octanol–water partition coefficient (Wildman–Crippen LogP) is 1.18. The van der Waals surface area contributed by atoms with Crippen LogP contribution >= 0.6 is 7.75 Å². The molecular weight excluding hydrogens is 434 g/mol. The summed E-state index contributed by atoms with van der Waals surface area (Å²) in [4.78, 5) is 33.8. The highest BCUT2D eigenvalue weighted by Gasteiger charge is 2.50. The molecule has 0 amide bonds. The molecule has 2 aromatic rings. The van der Waals surface area contributed by atoms with Crippen molar-refractivity contribution < 1.29 is 32.6 Å². The number of ether oxygens (including phenoxy) is 2. The fourth-order valence-corrected chi connectivity index (χ4v) is 5.12.